The first-order valence-electron chi connectivity index (χ1n) is 10.6. The Morgan fingerprint density at radius 1 is 1.09 bits per heavy atom. The predicted octanol–water partition coefficient (Wildman–Crippen LogP) is 7.12. The molecular formula is C27H23BrN2O3S. The predicted molar refractivity (Wildman–Crippen MR) is 141 cm³/mol. The van der Waals surface area contributed by atoms with E-state index in [0.717, 1.165) is 31.7 Å². The molecule has 1 N–H and O–H groups in total. The van der Waals surface area contributed by atoms with Crippen LogP contribution in [0.5, 0.6) is 11.5 Å². The topological polar surface area (TPSA) is 60.5 Å². The summed E-state index contributed by atoms with van der Waals surface area (Å²) in [5, 5.41) is 3.41. The van der Waals surface area contributed by atoms with Crippen molar-refractivity contribution in [2.24, 2.45) is 0 Å². The molecule has 34 heavy (non-hydrogen) atoms. The van der Waals surface area contributed by atoms with Crippen LogP contribution in [-0.2, 0) is 11.4 Å². The smallest absolute Gasteiger partial charge is 0.250 e. The summed E-state index contributed by atoms with van der Waals surface area (Å²) < 4.78 is 12.2. The number of hydrogen-bond donors (Lipinski definition) is 1. The molecule has 1 amide bonds. The zero-order valence-corrected chi connectivity index (χ0v) is 21.2. The summed E-state index contributed by atoms with van der Waals surface area (Å²) in [5.41, 5.74) is 3.76. The largest absolute Gasteiger partial charge is 0.493 e. The van der Waals surface area contributed by atoms with Gasteiger partial charge >= 0.3 is 0 Å². The maximum atomic E-state index is 12.5. The average Bonchev–Trinajstić information content (AvgIpc) is 3.22. The molecule has 3 aromatic carbocycles. The lowest BCUT2D eigenvalue weighted by molar-refractivity contribution is -0.111. The van der Waals surface area contributed by atoms with Crippen LogP contribution in [0.1, 0.15) is 16.0 Å². The van der Waals surface area contributed by atoms with Crippen LogP contribution >= 0.6 is 27.3 Å². The van der Waals surface area contributed by atoms with Gasteiger partial charge in [-0.15, -0.1) is 11.3 Å². The molecule has 0 bridgehead atoms. The number of benzene rings is 3. The van der Waals surface area contributed by atoms with E-state index in [1.165, 1.54) is 17.4 Å². The molecule has 0 aliphatic heterocycles. The number of nitrogens with zero attached hydrogens (tertiary/aromatic N) is 1. The number of thiazole rings is 1. The molecular weight excluding hydrogens is 512 g/mol. The summed E-state index contributed by atoms with van der Waals surface area (Å²) in [6.45, 7) is 2.42. The van der Waals surface area contributed by atoms with Gasteiger partial charge < -0.3 is 9.47 Å². The Hall–Kier alpha value is -3.42. The number of nitrogens with one attached hydrogen (secondary N) is 1. The molecule has 0 aliphatic carbocycles. The first-order chi connectivity index (χ1) is 16.5. The lowest BCUT2D eigenvalue weighted by Gasteiger charge is -2.13. The van der Waals surface area contributed by atoms with Crippen molar-refractivity contribution in [2.45, 2.75) is 13.5 Å². The molecule has 7 heteroatoms. The Bertz CT molecular complexity index is 1300. The van der Waals surface area contributed by atoms with E-state index in [4.69, 9.17) is 9.47 Å². The van der Waals surface area contributed by atoms with Gasteiger partial charge in [-0.3, -0.25) is 10.1 Å². The zero-order chi connectivity index (χ0) is 23.9. The van der Waals surface area contributed by atoms with Crippen molar-refractivity contribution in [3.8, 4) is 22.8 Å². The molecule has 0 unspecified atom stereocenters. The van der Waals surface area contributed by atoms with Crippen molar-refractivity contribution >= 4 is 44.4 Å². The van der Waals surface area contributed by atoms with Gasteiger partial charge in [0.25, 0.3) is 0 Å². The van der Waals surface area contributed by atoms with Crippen LogP contribution in [0.25, 0.3) is 17.3 Å². The SMILES string of the molecule is COc1cc(/C=C/C(=O)Nc2nc(-c3ccccc3)c(C)s2)cc(Br)c1OCc1ccccc1. The van der Waals surface area contributed by atoms with E-state index in [0.29, 0.717) is 23.2 Å². The van der Waals surface area contributed by atoms with E-state index < -0.39 is 0 Å². The molecule has 0 spiro atoms. The highest BCUT2D eigenvalue weighted by atomic mass is 79.9. The summed E-state index contributed by atoms with van der Waals surface area (Å²) in [4.78, 5) is 18.1. The number of rotatable bonds is 8. The minimum atomic E-state index is -0.257. The first-order valence-corrected chi connectivity index (χ1v) is 12.2. The van der Waals surface area contributed by atoms with Gasteiger partial charge in [0.2, 0.25) is 5.91 Å². The van der Waals surface area contributed by atoms with Gasteiger partial charge in [0.15, 0.2) is 16.6 Å². The molecule has 0 saturated heterocycles. The summed E-state index contributed by atoms with van der Waals surface area (Å²) >= 11 is 5.01. The molecule has 0 fully saturated rings. The molecule has 0 atom stereocenters. The second-order valence-corrected chi connectivity index (χ2v) is 9.48. The zero-order valence-electron chi connectivity index (χ0n) is 18.7. The maximum Gasteiger partial charge on any atom is 0.250 e. The number of anilines is 1. The van der Waals surface area contributed by atoms with Crippen LogP contribution in [0.4, 0.5) is 5.13 Å². The van der Waals surface area contributed by atoms with E-state index in [9.17, 15) is 4.79 Å². The second-order valence-electron chi connectivity index (χ2n) is 7.42. The fourth-order valence-corrected chi connectivity index (χ4v) is 4.75. The summed E-state index contributed by atoms with van der Waals surface area (Å²) in [5.74, 6) is 0.931. The molecule has 4 aromatic rings. The fraction of sp³-hybridized carbons (Fsp3) is 0.111. The van der Waals surface area contributed by atoms with Gasteiger partial charge in [-0.05, 0) is 52.2 Å². The summed E-state index contributed by atoms with van der Waals surface area (Å²) in [6.07, 6.45) is 3.20. The number of aryl methyl sites for hydroxylation is 1. The maximum absolute atomic E-state index is 12.5. The van der Waals surface area contributed by atoms with Crippen LogP contribution in [0, 0.1) is 6.92 Å². The quantitative estimate of drug-likeness (QED) is 0.244. The third kappa shape index (κ3) is 5.92. The molecule has 1 aromatic heterocycles. The van der Waals surface area contributed by atoms with Crippen molar-refractivity contribution in [1.29, 1.82) is 0 Å². The van der Waals surface area contributed by atoms with E-state index in [1.54, 1.807) is 13.2 Å². The molecule has 0 saturated carbocycles. The Kier molecular flexibility index (Phi) is 7.77. The third-order valence-corrected chi connectivity index (χ3v) is 6.45. The number of hydrogen-bond acceptors (Lipinski definition) is 5. The van der Waals surface area contributed by atoms with Gasteiger partial charge in [0.1, 0.15) is 6.61 Å². The summed E-state index contributed by atoms with van der Waals surface area (Å²) in [6, 6.07) is 23.5. The molecule has 5 nitrogen and oxygen atoms in total. The minimum absolute atomic E-state index is 0.257. The van der Waals surface area contributed by atoms with Crippen molar-refractivity contribution in [1.82, 2.24) is 4.98 Å². The van der Waals surface area contributed by atoms with E-state index >= 15 is 0 Å². The van der Waals surface area contributed by atoms with Gasteiger partial charge in [-0.25, -0.2) is 4.98 Å². The Morgan fingerprint density at radius 3 is 2.50 bits per heavy atom. The Labute approximate surface area is 211 Å². The average molecular weight is 535 g/mol. The number of aromatic nitrogens is 1. The van der Waals surface area contributed by atoms with E-state index in [-0.39, 0.29) is 5.91 Å². The number of carbonyl (C=O) groups excluding carboxylic acids is 1. The number of halogens is 1. The van der Waals surface area contributed by atoms with E-state index in [2.05, 4.69) is 26.2 Å². The van der Waals surface area contributed by atoms with Crippen molar-refractivity contribution in [2.75, 3.05) is 12.4 Å². The van der Waals surface area contributed by atoms with Gasteiger partial charge in [-0.2, -0.15) is 0 Å². The van der Waals surface area contributed by atoms with Gasteiger partial charge in [0, 0.05) is 16.5 Å². The highest BCUT2D eigenvalue weighted by Gasteiger charge is 2.13. The lowest BCUT2D eigenvalue weighted by Crippen LogP contribution is -2.07. The van der Waals surface area contributed by atoms with Gasteiger partial charge in [-0.1, -0.05) is 60.7 Å². The second kappa shape index (κ2) is 11.1. The molecule has 4 rings (SSSR count). The standard InChI is InChI=1S/C27H23BrN2O3S/c1-18-25(21-11-7-4-8-12-21)30-27(34-18)29-24(31)14-13-20-15-22(28)26(23(16-20)32-2)33-17-19-9-5-3-6-10-19/h3-16H,17H2,1-2H3,(H,29,30,31)/b14-13+. The number of methoxy groups -OCH3 is 1. The molecule has 172 valence electrons. The number of carbonyl (C=O) groups is 1. The highest BCUT2D eigenvalue weighted by molar-refractivity contribution is 9.10. The number of amides is 1. The lowest BCUT2D eigenvalue weighted by atomic mass is 10.1. The Balaban J connectivity index is 1.44. The van der Waals surface area contributed by atoms with Crippen molar-refractivity contribution in [3.05, 3.63) is 99.3 Å². The minimum Gasteiger partial charge on any atom is -0.493 e. The fourth-order valence-electron chi connectivity index (χ4n) is 3.34. The van der Waals surface area contributed by atoms with Crippen LogP contribution in [0.15, 0.2) is 83.3 Å². The van der Waals surface area contributed by atoms with Crippen LogP contribution in [0.3, 0.4) is 0 Å². The monoisotopic (exact) mass is 534 g/mol. The van der Waals surface area contributed by atoms with Crippen molar-refractivity contribution < 1.29 is 14.3 Å². The number of ether oxygens (including phenoxy) is 2. The molecule has 0 aliphatic rings. The third-order valence-electron chi connectivity index (χ3n) is 4.98. The normalized spacial score (nSPS) is 10.9. The van der Waals surface area contributed by atoms with Crippen molar-refractivity contribution in [3.63, 3.8) is 0 Å². The molecule has 0 radical (unpaired) electrons. The molecule has 1 heterocycles. The van der Waals surface area contributed by atoms with Gasteiger partial charge in [0.05, 0.1) is 17.3 Å². The van der Waals surface area contributed by atoms with Crippen LogP contribution in [0.2, 0.25) is 0 Å². The van der Waals surface area contributed by atoms with Crippen LogP contribution in [-0.4, -0.2) is 18.0 Å². The van der Waals surface area contributed by atoms with Crippen LogP contribution < -0.4 is 14.8 Å². The highest BCUT2D eigenvalue weighted by Crippen LogP contribution is 2.37. The Morgan fingerprint density at radius 2 is 1.79 bits per heavy atom. The summed E-state index contributed by atoms with van der Waals surface area (Å²) in [7, 11) is 1.59. The van der Waals surface area contributed by atoms with E-state index in [1.807, 2.05) is 79.7 Å². The first kappa shape index (κ1) is 23.7.